The summed E-state index contributed by atoms with van der Waals surface area (Å²) in [6, 6.07) is 9.56. The van der Waals surface area contributed by atoms with Crippen LogP contribution in [0.15, 0.2) is 30.3 Å². The molecule has 6 nitrogen and oxygen atoms in total. The van der Waals surface area contributed by atoms with Gasteiger partial charge in [-0.15, -0.1) is 0 Å². The van der Waals surface area contributed by atoms with Crippen LogP contribution in [-0.2, 0) is 19.6 Å². The second-order valence-corrected chi connectivity index (χ2v) is 6.44. The lowest BCUT2D eigenvalue weighted by Gasteiger charge is -2.24. The minimum Gasteiger partial charge on any atom is -0.466 e. The molecule has 0 saturated carbocycles. The van der Waals surface area contributed by atoms with Crippen molar-refractivity contribution in [3.05, 3.63) is 30.3 Å². The Morgan fingerprint density at radius 3 is 2.41 bits per heavy atom. The molecular weight excluding hydrogens is 306 g/mol. The van der Waals surface area contributed by atoms with Crippen molar-refractivity contribution in [2.45, 2.75) is 26.2 Å². The van der Waals surface area contributed by atoms with Crippen LogP contribution in [-0.4, -0.2) is 44.4 Å². The number of hydrogen-bond donors (Lipinski definition) is 1. The molecule has 1 aromatic rings. The van der Waals surface area contributed by atoms with Gasteiger partial charge in [-0.3, -0.25) is 9.35 Å². The number of hydrogen-bond acceptors (Lipinski definition) is 5. The van der Waals surface area contributed by atoms with E-state index in [1.807, 2.05) is 35.2 Å². The smallest absolute Gasteiger partial charge is 0.305 e. The average molecular weight is 329 g/mol. The van der Waals surface area contributed by atoms with E-state index in [2.05, 4.69) is 0 Å². The van der Waals surface area contributed by atoms with Crippen molar-refractivity contribution in [2.24, 2.45) is 0 Å². The van der Waals surface area contributed by atoms with Gasteiger partial charge in [0.1, 0.15) is 0 Å². The van der Waals surface area contributed by atoms with E-state index < -0.39 is 10.1 Å². The summed E-state index contributed by atoms with van der Waals surface area (Å²) >= 11 is 0. The van der Waals surface area contributed by atoms with Crippen molar-refractivity contribution in [1.82, 2.24) is 0 Å². The van der Waals surface area contributed by atoms with E-state index in [1.165, 1.54) is 0 Å². The Bertz CT molecular complexity index is 544. The predicted octanol–water partition coefficient (Wildman–Crippen LogP) is 2.11. The molecule has 0 aliphatic rings. The van der Waals surface area contributed by atoms with E-state index in [9.17, 15) is 13.2 Å². The molecule has 0 fully saturated rings. The Balaban J connectivity index is 2.53. The fraction of sp³-hybridized carbons (Fsp3) is 0.533. The summed E-state index contributed by atoms with van der Waals surface area (Å²) in [5.41, 5.74) is 0.960. The van der Waals surface area contributed by atoms with Gasteiger partial charge in [0.15, 0.2) is 0 Å². The van der Waals surface area contributed by atoms with E-state index in [0.29, 0.717) is 39.0 Å². The molecule has 0 spiro atoms. The second-order valence-electron chi connectivity index (χ2n) is 4.87. The third-order valence-corrected chi connectivity index (χ3v) is 3.87. The molecule has 0 aliphatic carbocycles. The van der Waals surface area contributed by atoms with Crippen LogP contribution in [0.25, 0.3) is 0 Å². The molecule has 0 aliphatic heterocycles. The minimum atomic E-state index is -3.94. The first-order chi connectivity index (χ1) is 10.4. The number of nitrogens with zero attached hydrogens (tertiary/aromatic N) is 1. The van der Waals surface area contributed by atoms with Crippen molar-refractivity contribution in [3.8, 4) is 0 Å². The molecule has 0 saturated heterocycles. The molecule has 0 radical (unpaired) electrons. The van der Waals surface area contributed by atoms with Crippen molar-refractivity contribution in [3.63, 3.8) is 0 Å². The van der Waals surface area contributed by atoms with Crippen LogP contribution in [0.5, 0.6) is 0 Å². The zero-order valence-electron chi connectivity index (χ0n) is 12.8. The van der Waals surface area contributed by atoms with E-state index in [0.717, 1.165) is 5.69 Å². The van der Waals surface area contributed by atoms with Gasteiger partial charge in [-0.05, 0) is 31.9 Å². The highest BCUT2D eigenvalue weighted by atomic mass is 32.2. The molecule has 22 heavy (non-hydrogen) atoms. The number of ether oxygens (including phenoxy) is 1. The lowest BCUT2D eigenvalue weighted by Crippen LogP contribution is -2.27. The highest BCUT2D eigenvalue weighted by Crippen LogP contribution is 2.15. The van der Waals surface area contributed by atoms with Gasteiger partial charge in [0.25, 0.3) is 10.1 Å². The first-order valence-electron chi connectivity index (χ1n) is 7.33. The Kier molecular flexibility index (Phi) is 7.90. The lowest BCUT2D eigenvalue weighted by atomic mass is 10.2. The van der Waals surface area contributed by atoms with Gasteiger partial charge in [-0.1, -0.05) is 18.2 Å². The van der Waals surface area contributed by atoms with Crippen LogP contribution in [0.2, 0.25) is 0 Å². The Morgan fingerprint density at radius 1 is 1.18 bits per heavy atom. The number of carbonyl (C=O) groups excluding carboxylic acids is 1. The fourth-order valence-electron chi connectivity index (χ4n) is 2.09. The molecule has 1 N–H and O–H groups in total. The number of anilines is 1. The highest BCUT2D eigenvalue weighted by Gasteiger charge is 2.10. The summed E-state index contributed by atoms with van der Waals surface area (Å²) in [4.78, 5) is 13.4. The maximum Gasteiger partial charge on any atom is 0.305 e. The monoisotopic (exact) mass is 329 g/mol. The maximum absolute atomic E-state index is 11.4. The third kappa shape index (κ3) is 7.99. The molecule has 0 bridgehead atoms. The largest absolute Gasteiger partial charge is 0.466 e. The standard InChI is InChI=1S/C15H23NO5S/c1-2-21-15(17)10-6-11-16(12-7-13-22(18,19)20)14-8-4-3-5-9-14/h3-5,8-9H,2,6-7,10-13H2,1H3,(H,18,19,20). The minimum absolute atomic E-state index is 0.228. The van der Waals surface area contributed by atoms with Crippen molar-refractivity contribution in [2.75, 3.05) is 30.3 Å². The molecule has 0 atom stereocenters. The third-order valence-electron chi connectivity index (χ3n) is 3.07. The molecule has 0 heterocycles. The van der Waals surface area contributed by atoms with Crippen molar-refractivity contribution < 1.29 is 22.5 Å². The van der Waals surface area contributed by atoms with Gasteiger partial charge in [0.2, 0.25) is 0 Å². The van der Waals surface area contributed by atoms with Gasteiger partial charge in [-0.2, -0.15) is 8.42 Å². The summed E-state index contributed by atoms with van der Waals surface area (Å²) in [6.45, 7) is 3.25. The summed E-state index contributed by atoms with van der Waals surface area (Å²) in [6.07, 6.45) is 1.28. The molecule has 0 unspecified atom stereocenters. The average Bonchev–Trinajstić information content (AvgIpc) is 2.45. The first-order valence-corrected chi connectivity index (χ1v) is 8.94. The normalized spacial score (nSPS) is 11.2. The SMILES string of the molecule is CCOC(=O)CCCN(CCCS(=O)(=O)O)c1ccccc1. The second kappa shape index (κ2) is 9.42. The van der Waals surface area contributed by atoms with E-state index in [-0.39, 0.29) is 11.7 Å². The zero-order chi connectivity index (χ0) is 16.4. The van der Waals surface area contributed by atoms with E-state index in [1.54, 1.807) is 6.92 Å². The van der Waals surface area contributed by atoms with Gasteiger partial charge < -0.3 is 9.64 Å². The van der Waals surface area contributed by atoms with Crippen LogP contribution in [0, 0.1) is 0 Å². The molecule has 1 rings (SSSR count). The van der Waals surface area contributed by atoms with Crippen LogP contribution >= 0.6 is 0 Å². The Morgan fingerprint density at radius 2 is 1.82 bits per heavy atom. The molecule has 1 aromatic carbocycles. The van der Waals surface area contributed by atoms with Crippen LogP contribution in [0.4, 0.5) is 5.69 Å². The van der Waals surface area contributed by atoms with Crippen molar-refractivity contribution in [1.29, 1.82) is 0 Å². The number of carbonyl (C=O) groups is 1. The van der Waals surface area contributed by atoms with Gasteiger partial charge >= 0.3 is 5.97 Å². The number of benzene rings is 1. The quantitative estimate of drug-likeness (QED) is 0.523. The fourth-order valence-corrected chi connectivity index (χ4v) is 2.59. The van der Waals surface area contributed by atoms with E-state index >= 15 is 0 Å². The topological polar surface area (TPSA) is 83.9 Å². The Labute approximate surface area is 131 Å². The lowest BCUT2D eigenvalue weighted by molar-refractivity contribution is -0.143. The molecule has 7 heteroatoms. The van der Waals surface area contributed by atoms with E-state index in [4.69, 9.17) is 9.29 Å². The highest BCUT2D eigenvalue weighted by molar-refractivity contribution is 7.85. The zero-order valence-corrected chi connectivity index (χ0v) is 13.6. The maximum atomic E-state index is 11.4. The van der Waals surface area contributed by atoms with Crippen LogP contribution in [0.1, 0.15) is 26.2 Å². The number of para-hydroxylation sites is 1. The summed E-state index contributed by atoms with van der Waals surface area (Å²) in [5.74, 6) is -0.498. The van der Waals surface area contributed by atoms with Crippen LogP contribution < -0.4 is 4.90 Å². The summed E-state index contributed by atoms with van der Waals surface area (Å²) in [5, 5.41) is 0. The molecular formula is C15H23NO5S. The molecule has 124 valence electrons. The number of rotatable bonds is 10. The predicted molar refractivity (Wildman–Crippen MR) is 85.6 cm³/mol. The van der Waals surface area contributed by atoms with Gasteiger partial charge in [0, 0.05) is 25.2 Å². The first kappa shape index (κ1) is 18.4. The summed E-state index contributed by atoms with van der Waals surface area (Å²) in [7, 11) is -3.94. The Hall–Kier alpha value is -1.60. The van der Waals surface area contributed by atoms with Crippen LogP contribution in [0.3, 0.4) is 0 Å². The van der Waals surface area contributed by atoms with Gasteiger partial charge in [-0.25, -0.2) is 0 Å². The van der Waals surface area contributed by atoms with Crippen molar-refractivity contribution >= 4 is 21.8 Å². The van der Waals surface area contributed by atoms with Gasteiger partial charge in [0.05, 0.1) is 12.4 Å². The molecule has 0 aromatic heterocycles. The number of esters is 1. The summed E-state index contributed by atoms with van der Waals surface area (Å²) < 4.78 is 35.3. The molecule has 0 amide bonds.